The van der Waals surface area contributed by atoms with Gasteiger partial charge in [-0.25, -0.2) is 4.79 Å². The van der Waals surface area contributed by atoms with E-state index in [1.54, 1.807) is 18.5 Å². The maximum Gasteiger partial charge on any atom is 0.418 e. The fraction of sp³-hybridized carbons (Fsp3) is 0.304. The average Bonchev–Trinajstić information content (AvgIpc) is 3.32. The Morgan fingerprint density at radius 2 is 1.97 bits per heavy atom. The molecule has 3 aromatic heterocycles. The standard InChI is InChI=1S/C23H20F3N5O2/c1-29-13-27-28-21(29)20(15-4-2-5-15)16-6-3-7-17(9-16)30-11-19-18(23(24,25)26)8-14(12-32)10-31(19)22(30)33/h3,6-13,15,20H,2,4-5H2,1H3/t20-/m1/s1. The smallest absolute Gasteiger partial charge is 0.320 e. The van der Waals surface area contributed by atoms with E-state index in [4.69, 9.17) is 0 Å². The Balaban J connectivity index is 1.67. The second-order valence-corrected chi connectivity index (χ2v) is 8.40. The molecule has 4 aromatic rings. The van der Waals surface area contributed by atoms with Gasteiger partial charge in [-0.05, 0) is 42.5 Å². The number of aromatic nitrogens is 5. The number of benzene rings is 1. The third kappa shape index (κ3) is 3.55. The molecular weight excluding hydrogens is 435 g/mol. The van der Waals surface area contributed by atoms with Gasteiger partial charge in [0, 0.05) is 30.9 Å². The van der Waals surface area contributed by atoms with Crippen molar-refractivity contribution >= 4 is 11.8 Å². The van der Waals surface area contributed by atoms with E-state index < -0.39 is 17.4 Å². The highest BCUT2D eigenvalue weighted by molar-refractivity contribution is 5.76. The number of hydrogen-bond donors (Lipinski definition) is 0. The molecule has 3 heterocycles. The Morgan fingerprint density at radius 1 is 1.18 bits per heavy atom. The molecule has 1 aromatic carbocycles. The van der Waals surface area contributed by atoms with Crippen LogP contribution in [0.15, 0.2) is 53.8 Å². The summed E-state index contributed by atoms with van der Waals surface area (Å²) in [5, 5.41) is 8.29. The number of imidazole rings is 1. The van der Waals surface area contributed by atoms with Crippen LogP contribution >= 0.6 is 0 Å². The van der Waals surface area contributed by atoms with Gasteiger partial charge in [-0.1, -0.05) is 18.6 Å². The van der Waals surface area contributed by atoms with Crippen LogP contribution in [0.25, 0.3) is 11.2 Å². The molecule has 0 amide bonds. The summed E-state index contributed by atoms with van der Waals surface area (Å²) in [7, 11) is 1.87. The van der Waals surface area contributed by atoms with Gasteiger partial charge in [0.1, 0.15) is 12.2 Å². The molecule has 1 aliphatic carbocycles. The monoisotopic (exact) mass is 455 g/mol. The van der Waals surface area contributed by atoms with Gasteiger partial charge in [0.25, 0.3) is 0 Å². The van der Waals surface area contributed by atoms with E-state index in [1.807, 2.05) is 23.7 Å². The molecule has 0 radical (unpaired) electrons. The minimum atomic E-state index is -4.72. The van der Waals surface area contributed by atoms with Crippen molar-refractivity contribution in [3.8, 4) is 5.69 Å². The van der Waals surface area contributed by atoms with Crippen LogP contribution in [0.1, 0.15) is 52.5 Å². The highest BCUT2D eigenvalue weighted by Crippen LogP contribution is 2.43. The van der Waals surface area contributed by atoms with E-state index >= 15 is 0 Å². The van der Waals surface area contributed by atoms with Crippen LogP contribution in [0.3, 0.4) is 0 Å². The molecule has 0 N–H and O–H groups in total. The van der Waals surface area contributed by atoms with Gasteiger partial charge in [0.2, 0.25) is 0 Å². The summed E-state index contributed by atoms with van der Waals surface area (Å²) in [5.41, 5.74) is -0.905. The average molecular weight is 455 g/mol. The zero-order valence-corrected chi connectivity index (χ0v) is 17.7. The van der Waals surface area contributed by atoms with Crippen LogP contribution in [0, 0.1) is 5.92 Å². The number of carbonyl (C=O) groups excluding carboxylic acids is 1. The molecule has 0 saturated heterocycles. The van der Waals surface area contributed by atoms with Gasteiger partial charge >= 0.3 is 11.9 Å². The van der Waals surface area contributed by atoms with E-state index in [-0.39, 0.29) is 17.0 Å². The molecule has 1 atom stereocenters. The number of rotatable bonds is 5. The Bertz CT molecular complexity index is 1410. The Kier molecular flexibility index (Phi) is 4.95. The summed E-state index contributed by atoms with van der Waals surface area (Å²) >= 11 is 0. The largest absolute Gasteiger partial charge is 0.418 e. The lowest BCUT2D eigenvalue weighted by molar-refractivity contribution is -0.136. The van der Waals surface area contributed by atoms with Gasteiger partial charge in [0.15, 0.2) is 6.29 Å². The number of halogens is 3. The quantitative estimate of drug-likeness (QED) is 0.427. The lowest BCUT2D eigenvalue weighted by Crippen LogP contribution is -2.24. The zero-order chi connectivity index (χ0) is 23.3. The van der Waals surface area contributed by atoms with E-state index in [1.165, 1.54) is 10.8 Å². The van der Waals surface area contributed by atoms with Crippen molar-refractivity contribution in [2.75, 3.05) is 0 Å². The van der Waals surface area contributed by atoms with Crippen molar-refractivity contribution in [3.63, 3.8) is 0 Å². The zero-order valence-electron chi connectivity index (χ0n) is 17.7. The van der Waals surface area contributed by atoms with E-state index in [9.17, 15) is 22.8 Å². The third-order valence-corrected chi connectivity index (χ3v) is 6.38. The lowest BCUT2D eigenvalue weighted by Gasteiger charge is -2.33. The molecule has 0 spiro atoms. The molecule has 10 heteroatoms. The van der Waals surface area contributed by atoms with Crippen LogP contribution in [-0.4, -0.2) is 30.0 Å². The van der Waals surface area contributed by atoms with Crippen molar-refractivity contribution < 1.29 is 18.0 Å². The first-order chi connectivity index (χ1) is 15.8. The summed E-state index contributed by atoms with van der Waals surface area (Å²) in [4.78, 5) is 24.2. The van der Waals surface area contributed by atoms with Gasteiger partial charge < -0.3 is 4.57 Å². The molecule has 1 aliphatic rings. The van der Waals surface area contributed by atoms with Gasteiger partial charge in [0.05, 0.1) is 16.8 Å². The molecule has 0 aliphatic heterocycles. The van der Waals surface area contributed by atoms with Crippen molar-refractivity contribution in [2.45, 2.75) is 31.4 Å². The summed E-state index contributed by atoms with van der Waals surface area (Å²) in [6.07, 6.45) is 2.72. The Morgan fingerprint density at radius 3 is 2.58 bits per heavy atom. The molecule has 0 bridgehead atoms. The first kappa shape index (κ1) is 21.2. The molecule has 1 fully saturated rings. The fourth-order valence-electron chi connectivity index (χ4n) is 4.53. The molecule has 33 heavy (non-hydrogen) atoms. The molecule has 0 unspecified atom stereocenters. The Hall–Kier alpha value is -3.69. The summed E-state index contributed by atoms with van der Waals surface area (Å²) in [5.74, 6) is 1.15. The van der Waals surface area contributed by atoms with Crippen LogP contribution < -0.4 is 5.69 Å². The first-order valence-electron chi connectivity index (χ1n) is 10.5. The number of carbonyl (C=O) groups is 1. The summed E-state index contributed by atoms with van der Waals surface area (Å²) < 4.78 is 44.8. The number of aldehydes is 1. The molecule has 5 rings (SSSR count). The van der Waals surface area contributed by atoms with Gasteiger partial charge in [-0.2, -0.15) is 13.2 Å². The number of fused-ring (bicyclic) bond motifs is 1. The van der Waals surface area contributed by atoms with E-state index in [2.05, 4.69) is 10.2 Å². The number of hydrogen-bond acceptors (Lipinski definition) is 4. The topological polar surface area (TPSA) is 74.2 Å². The van der Waals surface area contributed by atoms with Gasteiger partial charge in [-0.15, -0.1) is 10.2 Å². The van der Waals surface area contributed by atoms with E-state index in [0.29, 0.717) is 17.9 Å². The number of alkyl halides is 3. The number of nitrogens with zero attached hydrogens (tertiary/aromatic N) is 5. The predicted octanol–water partition coefficient (Wildman–Crippen LogP) is 3.98. The highest BCUT2D eigenvalue weighted by Gasteiger charge is 2.35. The molecule has 170 valence electrons. The van der Waals surface area contributed by atoms with Crippen LogP contribution in [0.2, 0.25) is 0 Å². The Labute approximate surface area is 186 Å². The van der Waals surface area contributed by atoms with Crippen molar-refractivity contribution in [1.29, 1.82) is 0 Å². The predicted molar refractivity (Wildman–Crippen MR) is 114 cm³/mol. The van der Waals surface area contributed by atoms with Crippen molar-refractivity contribution in [2.24, 2.45) is 13.0 Å². The fourth-order valence-corrected chi connectivity index (χ4v) is 4.53. The number of aryl methyl sites for hydroxylation is 1. The van der Waals surface area contributed by atoms with Crippen LogP contribution in [0.4, 0.5) is 13.2 Å². The second-order valence-electron chi connectivity index (χ2n) is 8.40. The van der Waals surface area contributed by atoms with E-state index in [0.717, 1.165) is 47.3 Å². The maximum atomic E-state index is 13.6. The minimum Gasteiger partial charge on any atom is -0.320 e. The minimum absolute atomic E-state index is 0.0358. The SMILES string of the molecule is Cn1cnnc1[C@@H](c1cccc(-n2cc3c(C(F)(F)F)cc(C=O)cn3c2=O)c1)C1CCC1. The van der Waals surface area contributed by atoms with Gasteiger partial charge in [-0.3, -0.25) is 13.8 Å². The van der Waals surface area contributed by atoms with Crippen LogP contribution in [0.5, 0.6) is 0 Å². The summed E-state index contributed by atoms with van der Waals surface area (Å²) in [6.45, 7) is 0. The molecular formula is C23H20F3N5O2. The molecule has 7 nitrogen and oxygen atoms in total. The molecule has 1 saturated carbocycles. The normalized spacial score (nSPS) is 15.5. The summed E-state index contributed by atoms with van der Waals surface area (Å²) in [6, 6.07) is 7.96. The maximum absolute atomic E-state index is 13.6. The third-order valence-electron chi connectivity index (χ3n) is 6.38. The first-order valence-corrected chi connectivity index (χ1v) is 10.5. The van der Waals surface area contributed by atoms with Crippen molar-refractivity contribution in [1.82, 2.24) is 23.7 Å². The highest BCUT2D eigenvalue weighted by atomic mass is 19.4. The van der Waals surface area contributed by atoms with Crippen molar-refractivity contribution in [3.05, 3.63) is 82.1 Å². The second kappa shape index (κ2) is 7.72. The van der Waals surface area contributed by atoms with Crippen LogP contribution in [-0.2, 0) is 13.2 Å². The number of pyridine rings is 1. The lowest BCUT2D eigenvalue weighted by atomic mass is 9.72.